The smallest absolute Gasteiger partial charge is 0.249 e. The van der Waals surface area contributed by atoms with Gasteiger partial charge >= 0.3 is 0 Å². The summed E-state index contributed by atoms with van der Waals surface area (Å²) in [5.41, 5.74) is 6.79. The molecule has 0 atom stereocenters. The Balaban J connectivity index is 2.90. The van der Waals surface area contributed by atoms with Crippen LogP contribution in [0.5, 0.6) is 5.75 Å². The predicted octanol–water partition coefficient (Wildman–Crippen LogP) is 2.32. The Hall–Kier alpha value is -2.03. The van der Waals surface area contributed by atoms with Crippen LogP contribution in [0.3, 0.4) is 0 Å². The zero-order valence-electron chi connectivity index (χ0n) is 9.69. The molecule has 0 saturated carbocycles. The minimum absolute atomic E-state index is 0.428. The normalized spacial score (nSPS) is 10.5. The Morgan fingerprint density at radius 1 is 1.35 bits per heavy atom. The van der Waals surface area contributed by atoms with Gasteiger partial charge in [-0.15, -0.1) is 0 Å². The third kappa shape index (κ3) is 1.84. The van der Waals surface area contributed by atoms with Gasteiger partial charge in [-0.2, -0.15) is 0 Å². The molecule has 2 rings (SSSR count). The van der Waals surface area contributed by atoms with Crippen molar-refractivity contribution in [2.75, 3.05) is 7.11 Å². The van der Waals surface area contributed by atoms with E-state index in [9.17, 15) is 4.79 Å². The minimum atomic E-state index is -0.428. The number of carbonyl (C=O) groups is 1. The lowest BCUT2D eigenvalue weighted by Gasteiger charge is -2.12. The molecule has 2 aromatic carbocycles. The molecule has 0 aromatic heterocycles. The van der Waals surface area contributed by atoms with Crippen molar-refractivity contribution in [3.8, 4) is 5.75 Å². The molecule has 1 radical (unpaired) electrons. The lowest BCUT2D eigenvalue weighted by molar-refractivity contribution is 0.100. The second-order valence-corrected chi connectivity index (χ2v) is 3.77. The number of amides is 1. The highest BCUT2D eigenvalue weighted by Crippen LogP contribution is 2.31. The maximum absolute atomic E-state index is 11.5. The van der Waals surface area contributed by atoms with Gasteiger partial charge in [0.15, 0.2) is 0 Å². The highest BCUT2D eigenvalue weighted by atomic mass is 16.5. The third-order valence-electron chi connectivity index (χ3n) is 2.82. The van der Waals surface area contributed by atoms with E-state index in [1.165, 1.54) is 0 Å². The van der Waals surface area contributed by atoms with Gasteiger partial charge in [0, 0.05) is 5.39 Å². The van der Waals surface area contributed by atoms with Crippen LogP contribution in [0.2, 0.25) is 0 Å². The number of rotatable bonds is 3. The number of hydrogen-bond donors (Lipinski definition) is 1. The van der Waals surface area contributed by atoms with E-state index in [0.29, 0.717) is 12.0 Å². The van der Waals surface area contributed by atoms with E-state index in [-0.39, 0.29) is 0 Å². The summed E-state index contributed by atoms with van der Waals surface area (Å²) in [7, 11) is 1.61. The fourth-order valence-corrected chi connectivity index (χ4v) is 2.05. The molecule has 0 saturated heterocycles. The van der Waals surface area contributed by atoms with Gasteiger partial charge in [-0.25, -0.2) is 0 Å². The Morgan fingerprint density at radius 2 is 2.00 bits per heavy atom. The maximum atomic E-state index is 11.5. The number of nitrogens with two attached hydrogens (primary N) is 1. The second kappa shape index (κ2) is 4.45. The summed E-state index contributed by atoms with van der Waals surface area (Å²) in [6, 6.07) is 9.39. The summed E-state index contributed by atoms with van der Waals surface area (Å²) < 4.78 is 5.32. The summed E-state index contributed by atoms with van der Waals surface area (Å²) >= 11 is 0. The van der Waals surface area contributed by atoms with E-state index < -0.39 is 5.91 Å². The highest BCUT2D eigenvalue weighted by Gasteiger charge is 2.14. The fraction of sp³-hybridized carbons (Fsp3) is 0.143. The third-order valence-corrected chi connectivity index (χ3v) is 2.82. The van der Waals surface area contributed by atoms with Crippen LogP contribution in [0.15, 0.2) is 30.3 Å². The molecule has 3 heteroatoms. The quantitative estimate of drug-likeness (QED) is 0.876. The van der Waals surface area contributed by atoms with Gasteiger partial charge < -0.3 is 10.5 Å². The molecule has 0 aliphatic carbocycles. The molecule has 2 aromatic rings. The second-order valence-electron chi connectivity index (χ2n) is 3.77. The van der Waals surface area contributed by atoms with Crippen LogP contribution in [0.1, 0.15) is 15.9 Å². The molecule has 0 spiro atoms. The highest BCUT2D eigenvalue weighted by molar-refractivity contribution is 6.09. The van der Waals surface area contributed by atoms with Gasteiger partial charge in [-0.05, 0) is 30.4 Å². The molecule has 3 nitrogen and oxygen atoms in total. The SMILES string of the molecule is [CH2]Cc1cc(OC)c2ccccc2c1C(N)=O. The molecule has 2 N–H and O–H groups in total. The van der Waals surface area contributed by atoms with Gasteiger partial charge in [0.1, 0.15) is 5.75 Å². The molecule has 0 fully saturated rings. The van der Waals surface area contributed by atoms with Crippen molar-refractivity contribution < 1.29 is 9.53 Å². The molecule has 17 heavy (non-hydrogen) atoms. The Labute approximate surface area is 100 Å². The van der Waals surface area contributed by atoms with Crippen LogP contribution < -0.4 is 10.5 Å². The van der Waals surface area contributed by atoms with Crippen LogP contribution in [0, 0.1) is 6.92 Å². The first kappa shape index (κ1) is 11.5. The number of methoxy groups -OCH3 is 1. The average molecular weight is 228 g/mol. The lowest BCUT2D eigenvalue weighted by atomic mass is 9.96. The summed E-state index contributed by atoms with van der Waals surface area (Å²) in [5.74, 6) is 0.312. The number of benzene rings is 2. The van der Waals surface area contributed by atoms with Crippen molar-refractivity contribution in [1.29, 1.82) is 0 Å². The summed E-state index contributed by atoms with van der Waals surface area (Å²) in [6.45, 7) is 3.82. The number of primary amides is 1. The molecule has 0 heterocycles. The summed E-state index contributed by atoms with van der Waals surface area (Å²) in [5, 5.41) is 1.71. The minimum Gasteiger partial charge on any atom is -0.496 e. The van der Waals surface area contributed by atoms with Crippen LogP contribution in [-0.2, 0) is 6.42 Å². The number of carbonyl (C=O) groups excluding carboxylic acids is 1. The van der Waals surface area contributed by atoms with Crippen molar-refractivity contribution in [1.82, 2.24) is 0 Å². The van der Waals surface area contributed by atoms with Crippen molar-refractivity contribution in [2.24, 2.45) is 5.73 Å². The molecular weight excluding hydrogens is 214 g/mol. The topological polar surface area (TPSA) is 52.3 Å². The monoisotopic (exact) mass is 228 g/mol. The van der Waals surface area contributed by atoms with Crippen molar-refractivity contribution >= 4 is 16.7 Å². The van der Waals surface area contributed by atoms with Gasteiger partial charge in [0.2, 0.25) is 5.91 Å². The first-order chi connectivity index (χ1) is 8.19. The molecular formula is C14H14NO2. The van der Waals surface area contributed by atoms with Crippen molar-refractivity contribution in [3.63, 3.8) is 0 Å². The molecule has 0 aliphatic heterocycles. The Bertz CT molecular complexity index is 576. The summed E-state index contributed by atoms with van der Waals surface area (Å²) in [4.78, 5) is 11.5. The zero-order valence-corrected chi connectivity index (χ0v) is 9.69. The maximum Gasteiger partial charge on any atom is 0.249 e. The van der Waals surface area contributed by atoms with Gasteiger partial charge in [0.05, 0.1) is 12.7 Å². The Kier molecular flexibility index (Phi) is 3.00. The summed E-state index contributed by atoms with van der Waals surface area (Å²) in [6.07, 6.45) is 0.499. The molecule has 0 bridgehead atoms. The number of fused-ring (bicyclic) bond motifs is 1. The van der Waals surface area contributed by atoms with Crippen LogP contribution in [-0.4, -0.2) is 13.0 Å². The molecule has 0 aliphatic rings. The van der Waals surface area contributed by atoms with E-state index in [1.807, 2.05) is 30.3 Å². The molecule has 1 amide bonds. The number of ether oxygens (including phenoxy) is 1. The van der Waals surface area contributed by atoms with Crippen LogP contribution in [0.25, 0.3) is 10.8 Å². The lowest BCUT2D eigenvalue weighted by Crippen LogP contribution is -2.14. The van der Waals surface area contributed by atoms with E-state index in [0.717, 1.165) is 22.1 Å². The standard InChI is InChI=1S/C14H14NO2/c1-3-9-8-12(17-2)10-6-4-5-7-11(10)13(9)14(15)16/h4-8H,1,3H2,2H3,(H2,15,16). The fourth-order valence-electron chi connectivity index (χ4n) is 2.05. The molecule has 0 unspecified atom stereocenters. The number of hydrogen-bond acceptors (Lipinski definition) is 2. The van der Waals surface area contributed by atoms with E-state index in [1.54, 1.807) is 7.11 Å². The predicted molar refractivity (Wildman–Crippen MR) is 68.1 cm³/mol. The van der Waals surface area contributed by atoms with Crippen LogP contribution in [0.4, 0.5) is 0 Å². The van der Waals surface area contributed by atoms with E-state index in [2.05, 4.69) is 6.92 Å². The van der Waals surface area contributed by atoms with Gasteiger partial charge in [-0.3, -0.25) is 4.79 Å². The van der Waals surface area contributed by atoms with E-state index >= 15 is 0 Å². The first-order valence-electron chi connectivity index (χ1n) is 5.36. The molecule has 87 valence electrons. The zero-order chi connectivity index (χ0) is 12.4. The Morgan fingerprint density at radius 3 is 2.53 bits per heavy atom. The van der Waals surface area contributed by atoms with Gasteiger partial charge in [-0.1, -0.05) is 24.3 Å². The van der Waals surface area contributed by atoms with E-state index in [4.69, 9.17) is 10.5 Å². The van der Waals surface area contributed by atoms with Crippen molar-refractivity contribution in [3.05, 3.63) is 48.4 Å². The first-order valence-corrected chi connectivity index (χ1v) is 5.36. The van der Waals surface area contributed by atoms with Crippen LogP contribution >= 0.6 is 0 Å². The largest absolute Gasteiger partial charge is 0.496 e. The van der Waals surface area contributed by atoms with Gasteiger partial charge in [0.25, 0.3) is 0 Å². The average Bonchev–Trinajstić information content (AvgIpc) is 2.36. The van der Waals surface area contributed by atoms with Crippen molar-refractivity contribution in [2.45, 2.75) is 6.42 Å².